The van der Waals surface area contributed by atoms with Crippen molar-refractivity contribution in [3.63, 3.8) is 0 Å². The Labute approximate surface area is 170 Å². The van der Waals surface area contributed by atoms with E-state index in [4.69, 9.17) is 24.7 Å². The van der Waals surface area contributed by atoms with Crippen LogP contribution in [-0.4, -0.2) is 65.7 Å². The van der Waals surface area contributed by atoms with Crippen LogP contribution in [0.3, 0.4) is 0 Å². The van der Waals surface area contributed by atoms with Gasteiger partial charge < -0.3 is 29.8 Å². The smallest absolute Gasteiger partial charge is 0.325 e. The van der Waals surface area contributed by atoms with Gasteiger partial charge in [-0.05, 0) is 6.07 Å². The summed E-state index contributed by atoms with van der Waals surface area (Å²) >= 11 is 0. The quantitative estimate of drug-likeness (QED) is 0.184. The molecule has 1 heterocycles. The van der Waals surface area contributed by atoms with Gasteiger partial charge in [0.15, 0.2) is 23.6 Å². The summed E-state index contributed by atoms with van der Waals surface area (Å²) in [6, 6.07) is 6.28. The minimum atomic E-state index is -1.53. The molecule has 0 aliphatic heterocycles. The summed E-state index contributed by atoms with van der Waals surface area (Å²) in [6.07, 6.45) is -2.04. The van der Waals surface area contributed by atoms with Gasteiger partial charge in [0, 0.05) is 11.1 Å². The highest BCUT2D eigenvalue weighted by Gasteiger charge is 2.34. The monoisotopic (exact) mass is 417 g/mol. The molecule has 10 nitrogen and oxygen atoms in total. The lowest BCUT2D eigenvalue weighted by Crippen LogP contribution is -2.36. The molecule has 1 aliphatic carbocycles. The normalized spacial score (nSPS) is 14.6. The Morgan fingerprint density at radius 3 is 2.40 bits per heavy atom. The molecular weight excluding hydrogens is 398 g/mol. The predicted molar refractivity (Wildman–Crippen MR) is 98.9 cm³/mol. The highest BCUT2D eigenvalue weighted by atomic mass is 16.6. The van der Waals surface area contributed by atoms with Crippen molar-refractivity contribution in [2.75, 3.05) is 19.8 Å². The van der Waals surface area contributed by atoms with Crippen LogP contribution in [0.25, 0.3) is 0 Å². The lowest BCUT2D eigenvalue weighted by atomic mass is 9.88. The Bertz CT molecular complexity index is 941. The number of hydrogen-bond acceptors (Lipinski definition) is 10. The van der Waals surface area contributed by atoms with Gasteiger partial charge in [-0.15, -0.1) is 0 Å². The zero-order valence-corrected chi connectivity index (χ0v) is 15.7. The van der Waals surface area contributed by atoms with Crippen LogP contribution >= 0.6 is 0 Å². The molecule has 0 amide bonds. The van der Waals surface area contributed by atoms with Crippen LogP contribution in [0, 0.1) is 0 Å². The van der Waals surface area contributed by atoms with Gasteiger partial charge in [-0.25, -0.2) is 0 Å². The van der Waals surface area contributed by atoms with E-state index in [0.717, 1.165) is 0 Å². The molecule has 4 N–H and O–H groups in total. The van der Waals surface area contributed by atoms with E-state index < -0.39 is 48.7 Å². The summed E-state index contributed by atoms with van der Waals surface area (Å²) in [5, 5.41) is 18.5. The van der Waals surface area contributed by atoms with Crippen molar-refractivity contribution in [1.82, 2.24) is 0 Å². The number of nitrogens with two attached hydrogens (primary N) is 1. The molecule has 158 valence electrons. The molecule has 0 fully saturated rings. The van der Waals surface area contributed by atoms with E-state index in [2.05, 4.69) is 0 Å². The second-order valence-electron chi connectivity index (χ2n) is 6.47. The van der Waals surface area contributed by atoms with Gasteiger partial charge in [-0.1, -0.05) is 24.3 Å². The van der Waals surface area contributed by atoms with Crippen LogP contribution in [-0.2, 0) is 14.3 Å². The average Bonchev–Trinajstić information content (AvgIpc) is 3.20. The zero-order valence-electron chi connectivity index (χ0n) is 15.7. The van der Waals surface area contributed by atoms with E-state index in [0.29, 0.717) is 0 Å². The molecule has 0 spiro atoms. The lowest BCUT2D eigenvalue weighted by molar-refractivity contribution is -0.153. The number of esters is 1. The van der Waals surface area contributed by atoms with E-state index in [1.165, 1.54) is 18.2 Å². The third-order valence-corrected chi connectivity index (χ3v) is 4.37. The average molecular weight is 417 g/mol. The Hall–Kier alpha value is -3.18. The number of rotatable bonds is 9. The van der Waals surface area contributed by atoms with Gasteiger partial charge in [-0.3, -0.25) is 19.2 Å². The Morgan fingerprint density at radius 1 is 1.07 bits per heavy atom. The van der Waals surface area contributed by atoms with Crippen molar-refractivity contribution < 1.29 is 43.3 Å². The topological polar surface area (TPSA) is 166 Å². The highest BCUT2D eigenvalue weighted by Crippen LogP contribution is 2.30. The van der Waals surface area contributed by atoms with Crippen molar-refractivity contribution in [1.29, 1.82) is 0 Å². The van der Waals surface area contributed by atoms with Gasteiger partial charge >= 0.3 is 5.97 Å². The number of aliphatic hydroxyl groups is 2. The summed E-state index contributed by atoms with van der Waals surface area (Å²) in [5.74, 6) is -2.91. The molecule has 0 radical (unpaired) electrons. The van der Waals surface area contributed by atoms with Gasteiger partial charge in [-0.2, -0.15) is 0 Å². The van der Waals surface area contributed by atoms with Gasteiger partial charge in [0.2, 0.25) is 11.6 Å². The van der Waals surface area contributed by atoms with Crippen molar-refractivity contribution in [3.05, 3.63) is 58.5 Å². The van der Waals surface area contributed by atoms with Crippen molar-refractivity contribution in [2.24, 2.45) is 5.73 Å². The van der Waals surface area contributed by atoms with E-state index >= 15 is 0 Å². The SMILES string of the molecule is N[C@@H](CO)C(=O)OCCOC(O)CC(=O)c1cc2c(o1)C(=O)c1ccccc1C2=O. The maximum absolute atomic E-state index is 12.5. The predicted octanol–water partition coefficient (Wildman–Crippen LogP) is -0.174. The van der Waals surface area contributed by atoms with E-state index in [9.17, 15) is 24.3 Å². The first kappa shape index (κ1) is 21.5. The molecule has 0 bridgehead atoms. The summed E-state index contributed by atoms with van der Waals surface area (Å²) in [5.41, 5.74) is 5.68. The van der Waals surface area contributed by atoms with E-state index in [1.54, 1.807) is 12.1 Å². The molecule has 1 unspecified atom stereocenters. The van der Waals surface area contributed by atoms with Crippen LogP contribution < -0.4 is 5.73 Å². The van der Waals surface area contributed by atoms with E-state index in [1.807, 2.05) is 0 Å². The largest absolute Gasteiger partial charge is 0.462 e. The molecular formula is C20H19NO9. The number of furan rings is 1. The zero-order chi connectivity index (χ0) is 21.8. The lowest BCUT2D eigenvalue weighted by Gasteiger charge is -2.12. The fourth-order valence-electron chi connectivity index (χ4n) is 2.84. The summed E-state index contributed by atoms with van der Waals surface area (Å²) in [4.78, 5) is 48.7. The van der Waals surface area contributed by atoms with Crippen molar-refractivity contribution in [2.45, 2.75) is 18.8 Å². The number of ketones is 3. The fourth-order valence-corrected chi connectivity index (χ4v) is 2.84. The molecule has 30 heavy (non-hydrogen) atoms. The third kappa shape index (κ3) is 4.36. The molecule has 3 rings (SSSR count). The Kier molecular flexibility index (Phi) is 6.53. The van der Waals surface area contributed by atoms with Gasteiger partial charge in [0.05, 0.1) is 25.2 Å². The summed E-state index contributed by atoms with van der Waals surface area (Å²) < 4.78 is 15.0. The number of Topliss-reactive ketones (excluding diaryl/α,β-unsaturated/α-hetero) is 1. The number of benzene rings is 1. The molecule has 2 aromatic rings. The van der Waals surface area contributed by atoms with Crippen LogP contribution in [0.5, 0.6) is 0 Å². The maximum Gasteiger partial charge on any atom is 0.325 e. The van der Waals surface area contributed by atoms with Crippen molar-refractivity contribution >= 4 is 23.3 Å². The summed E-state index contributed by atoms with van der Waals surface area (Å²) in [7, 11) is 0. The van der Waals surface area contributed by atoms with Crippen molar-refractivity contribution in [3.8, 4) is 0 Å². The van der Waals surface area contributed by atoms with Gasteiger partial charge in [0.1, 0.15) is 12.6 Å². The van der Waals surface area contributed by atoms with Gasteiger partial charge in [0.25, 0.3) is 0 Å². The van der Waals surface area contributed by atoms with E-state index in [-0.39, 0.29) is 41.4 Å². The second kappa shape index (κ2) is 9.09. The molecule has 1 aliphatic rings. The Balaban J connectivity index is 1.58. The number of fused-ring (bicyclic) bond motifs is 2. The standard InChI is InChI=1S/C20H19NO9/c21-13(9-22)20(27)29-6-5-28-16(24)8-14(23)15-7-12-17(25)10-3-1-2-4-11(10)18(26)19(12)30-15/h1-4,7,13,16,22,24H,5-6,8-9,21H2/t13-,16?/m0/s1. The highest BCUT2D eigenvalue weighted by molar-refractivity contribution is 6.27. The fraction of sp³-hybridized carbons (Fsp3) is 0.300. The maximum atomic E-state index is 12.5. The first-order chi connectivity index (χ1) is 14.3. The number of ether oxygens (including phenoxy) is 2. The number of hydrogen-bond donors (Lipinski definition) is 3. The first-order valence-corrected chi connectivity index (χ1v) is 9.01. The molecule has 0 saturated carbocycles. The van der Waals surface area contributed by atoms with Crippen LogP contribution in [0.4, 0.5) is 0 Å². The third-order valence-electron chi connectivity index (χ3n) is 4.37. The Morgan fingerprint density at radius 2 is 1.73 bits per heavy atom. The first-order valence-electron chi connectivity index (χ1n) is 9.01. The minimum absolute atomic E-state index is 0.00964. The van der Waals surface area contributed by atoms with Crippen LogP contribution in [0.1, 0.15) is 49.0 Å². The summed E-state index contributed by atoms with van der Waals surface area (Å²) in [6.45, 7) is -1.03. The van der Waals surface area contributed by atoms with Crippen LogP contribution in [0.2, 0.25) is 0 Å². The minimum Gasteiger partial charge on any atom is -0.462 e. The second-order valence-corrected chi connectivity index (χ2v) is 6.47. The molecule has 0 saturated heterocycles. The molecule has 1 aromatic heterocycles. The number of carbonyl (C=O) groups excluding carboxylic acids is 4. The van der Waals surface area contributed by atoms with Crippen LogP contribution in [0.15, 0.2) is 34.7 Å². The number of carbonyl (C=O) groups is 4. The number of aliphatic hydroxyl groups excluding tert-OH is 2. The molecule has 1 aromatic carbocycles. The molecule has 10 heteroatoms. The molecule has 2 atom stereocenters.